The van der Waals surface area contributed by atoms with E-state index < -0.39 is 0 Å². The van der Waals surface area contributed by atoms with E-state index in [1.54, 1.807) is 7.11 Å². The fraction of sp³-hybridized carbons (Fsp3) is 0.222. The van der Waals surface area contributed by atoms with Crippen LogP contribution in [0.15, 0.2) is 41.4 Å². The first kappa shape index (κ1) is 17.7. The molecule has 3 N–H and O–H groups in total. The summed E-state index contributed by atoms with van der Waals surface area (Å²) in [4.78, 5) is 5.26. The van der Waals surface area contributed by atoms with Gasteiger partial charge in [-0.2, -0.15) is 0 Å². The van der Waals surface area contributed by atoms with E-state index in [4.69, 9.17) is 39.0 Å². The Kier molecular flexibility index (Phi) is 5.53. The van der Waals surface area contributed by atoms with Gasteiger partial charge in [-0.3, -0.25) is 4.99 Å². The molecule has 0 saturated heterocycles. The molecule has 3 rings (SSSR count). The molecule has 0 radical (unpaired) electrons. The van der Waals surface area contributed by atoms with E-state index in [2.05, 4.69) is 10.3 Å². The van der Waals surface area contributed by atoms with Crippen molar-refractivity contribution in [3.8, 4) is 5.75 Å². The van der Waals surface area contributed by atoms with Crippen LogP contribution in [0.4, 0.5) is 11.4 Å². The number of hydrogen-bond acceptors (Lipinski definition) is 5. The average molecular weight is 376 g/mol. The summed E-state index contributed by atoms with van der Waals surface area (Å²) in [6, 6.07) is 11.2. The van der Waals surface area contributed by atoms with Crippen LogP contribution in [0.25, 0.3) is 0 Å². The Balaban J connectivity index is 2.06. The molecule has 5 nitrogen and oxygen atoms in total. The number of aliphatic imine (C=N–C) groups is 1. The molecule has 0 amide bonds. The Labute approximate surface area is 156 Å². The van der Waals surface area contributed by atoms with E-state index >= 15 is 0 Å². The summed E-state index contributed by atoms with van der Waals surface area (Å²) in [6.45, 7) is 1.27. The van der Waals surface area contributed by atoms with Crippen LogP contribution < -0.4 is 15.8 Å². The van der Waals surface area contributed by atoms with Crippen molar-refractivity contribution in [2.45, 2.75) is 0 Å². The smallest absolute Gasteiger partial charge is 0.144 e. The first-order valence-electron chi connectivity index (χ1n) is 7.75. The van der Waals surface area contributed by atoms with Crippen LogP contribution >= 0.6 is 23.8 Å². The number of hydrogen-bond donors (Lipinski definition) is 2. The zero-order valence-electron chi connectivity index (χ0n) is 13.7. The first-order chi connectivity index (χ1) is 12.1. The second-order valence-electron chi connectivity index (χ2n) is 5.47. The van der Waals surface area contributed by atoms with Gasteiger partial charge in [0, 0.05) is 29.3 Å². The van der Waals surface area contributed by atoms with Gasteiger partial charge in [0.15, 0.2) is 0 Å². The number of benzodiazepines with no additional fused rings is 1. The molecule has 0 spiro atoms. The third-order valence-corrected chi connectivity index (χ3v) is 4.29. The summed E-state index contributed by atoms with van der Waals surface area (Å²) in [5.74, 6) is 0.575. The van der Waals surface area contributed by atoms with Gasteiger partial charge >= 0.3 is 0 Å². The summed E-state index contributed by atoms with van der Waals surface area (Å²) in [6.07, 6.45) is 0. The number of methoxy groups -OCH3 is 1. The van der Waals surface area contributed by atoms with Crippen LogP contribution in [-0.4, -0.2) is 37.6 Å². The standard InChI is InChI=1S/C18H18ClN3O2S/c1-23-6-7-24-16-9-15-12(8-14(16)20)18(21-10-17(25)22-15)11-4-2-3-5-13(11)19/h2-5,8-9H,6-7,10,20H2,1H3,(H,22,25). The summed E-state index contributed by atoms with van der Waals surface area (Å²) in [7, 11) is 1.62. The van der Waals surface area contributed by atoms with E-state index in [0.717, 1.165) is 22.5 Å². The third-order valence-electron chi connectivity index (χ3n) is 3.73. The summed E-state index contributed by atoms with van der Waals surface area (Å²) in [5.41, 5.74) is 9.92. The largest absolute Gasteiger partial charge is 0.489 e. The monoisotopic (exact) mass is 375 g/mol. The summed E-state index contributed by atoms with van der Waals surface area (Å²) in [5, 5.41) is 3.83. The maximum atomic E-state index is 6.37. The fourth-order valence-electron chi connectivity index (χ4n) is 2.57. The van der Waals surface area contributed by atoms with Gasteiger partial charge in [-0.25, -0.2) is 0 Å². The minimum Gasteiger partial charge on any atom is -0.489 e. The molecule has 1 heterocycles. The number of nitrogens with two attached hydrogens (primary N) is 1. The Morgan fingerprint density at radius 1 is 1.24 bits per heavy atom. The molecule has 25 heavy (non-hydrogen) atoms. The minimum atomic E-state index is 0.379. The highest BCUT2D eigenvalue weighted by molar-refractivity contribution is 7.80. The van der Waals surface area contributed by atoms with Crippen molar-refractivity contribution in [2.24, 2.45) is 4.99 Å². The van der Waals surface area contributed by atoms with Crippen molar-refractivity contribution in [3.05, 3.63) is 52.5 Å². The molecule has 0 aliphatic carbocycles. The number of fused-ring (bicyclic) bond motifs is 1. The molecular formula is C18H18ClN3O2S. The van der Waals surface area contributed by atoms with E-state index in [0.29, 0.717) is 41.2 Å². The predicted molar refractivity (Wildman–Crippen MR) is 106 cm³/mol. The quantitative estimate of drug-likeness (QED) is 0.475. The lowest BCUT2D eigenvalue weighted by molar-refractivity contribution is 0.147. The van der Waals surface area contributed by atoms with Gasteiger partial charge in [-0.1, -0.05) is 42.0 Å². The topological polar surface area (TPSA) is 68.9 Å². The van der Waals surface area contributed by atoms with Gasteiger partial charge in [0.05, 0.1) is 30.2 Å². The molecule has 130 valence electrons. The molecule has 2 aromatic carbocycles. The number of nitrogen functional groups attached to an aromatic ring is 1. The normalized spacial score (nSPS) is 13.5. The molecule has 0 saturated carbocycles. The number of rotatable bonds is 5. The van der Waals surface area contributed by atoms with Crippen molar-refractivity contribution in [1.82, 2.24) is 0 Å². The van der Waals surface area contributed by atoms with Crippen molar-refractivity contribution in [3.63, 3.8) is 0 Å². The van der Waals surface area contributed by atoms with Crippen LogP contribution in [0.3, 0.4) is 0 Å². The number of nitrogens with zero attached hydrogens (tertiary/aromatic N) is 1. The lowest BCUT2D eigenvalue weighted by Crippen LogP contribution is -2.12. The van der Waals surface area contributed by atoms with Gasteiger partial charge in [-0.15, -0.1) is 0 Å². The number of halogens is 1. The molecule has 1 aliphatic rings. The molecule has 0 fully saturated rings. The Morgan fingerprint density at radius 3 is 2.80 bits per heavy atom. The Morgan fingerprint density at radius 2 is 2.04 bits per heavy atom. The van der Waals surface area contributed by atoms with Crippen LogP contribution in [0.2, 0.25) is 5.02 Å². The van der Waals surface area contributed by atoms with Crippen LogP contribution in [0.5, 0.6) is 5.75 Å². The van der Waals surface area contributed by atoms with Gasteiger partial charge in [0.25, 0.3) is 0 Å². The number of thiocarbonyl (C=S) groups is 1. The highest BCUT2D eigenvalue weighted by Crippen LogP contribution is 2.33. The van der Waals surface area contributed by atoms with Crippen LogP contribution in [0, 0.1) is 0 Å². The first-order valence-corrected chi connectivity index (χ1v) is 8.53. The van der Waals surface area contributed by atoms with E-state index in [1.165, 1.54) is 0 Å². The highest BCUT2D eigenvalue weighted by Gasteiger charge is 2.20. The zero-order chi connectivity index (χ0) is 17.8. The average Bonchev–Trinajstić information content (AvgIpc) is 2.74. The highest BCUT2D eigenvalue weighted by atomic mass is 35.5. The lowest BCUT2D eigenvalue weighted by atomic mass is 9.99. The van der Waals surface area contributed by atoms with Crippen LogP contribution in [0.1, 0.15) is 11.1 Å². The van der Waals surface area contributed by atoms with Gasteiger partial charge in [0.1, 0.15) is 17.3 Å². The van der Waals surface area contributed by atoms with Crippen molar-refractivity contribution >= 4 is 45.9 Å². The maximum absolute atomic E-state index is 6.37. The van der Waals surface area contributed by atoms with Gasteiger partial charge in [-0.05, 0) is 12.1 Å². The third kappa shape index (κ3) is 3.92. The molecule has 0 atom stereocenters. The van der Waals surface area contributed by atoms with E-state index in [-0.39, 0.29) is 0 Å². The van der Waals surface area contributed by atoms with Crippen molar-refractivity contribution in [2.75, 3.05) is 37.9 Å². The fourth-order valence-corrected chi connectivity index (χ4v) is 2.96. The van der Waals surface area contributed by atoms with Crippen LogP contribution in [-0.2, 0) is 4.74 Å². The maximum Gasteiger partial charge on any atom is 0.144 e. The minimum absolute atomic E-state index is 0.379. The van der Waals surface area contributed by atoms with Crippen molar-refractivity contribution in [1.29, 1.82) is 0 Å². The van der Waals surface area contributed by atoms with Gasteiger partial charge in [0.2, 0.25) is 0 Å². The summed E-state index contributed by atoms with van der Waals surface area (Å²) >= 11 is 11.7. The predicted octanol–water partition coefficient (Wildman–Crippen LogP) is 3.54. The molecule has 0 bridgehead atoms. The number of anilines is 2. The number of nitrogens with one attached hydrogen (secondary N) is 1. The zero-order valence-corrected chi connectivity index (χ0v) is 15.3. The van der Waals surface area contributed by atoms with Gasteiger partial charge < -0.3 is 20.5 Å². The second kappa shape index (κ2) is 7.82. The van der Waals surface area contributed by atoms with E-state index in [9.17, 15) is 0 Å². The summed E-state index contributed by atoms with van der Waals surface area (Å²) < 4.78 is 10.7. The molecular weight excluding hydrogens is 358 g/mol. The van der Waals surface area contributed by atoms with E-state index in [1.807, 2.05) is 36.4 Å². The Hall–Kier alpha value is -2.15. The molecule has 2 aromatic rings. The SMILES string of the molecule is COCCOc1cc2c(cc1N)C(c1ccccc1Cl)=NCC(=S)N2. The molecule has 1 aliphatic heterocycles. The number of ether oxygens (including phenoxy) is 2. The number of benzene rings is 2. The molecule has 7 heteroatoms. The molecule has 0 unspecified atom stereocenters. The van der Waals surface area contributed by atoms with Crippen molar-refractivity contribution < 1.29 is 9.47 Å². The lowest BCUT2D eigenvalue weighted by Gasteiger charge is -2.16. The Bertz CT molecular complexity index is 839. The molecule has 0 aromatic heterocycles. The second-order valence-corrected chi connectivity index (χ2v) is 6.37.